The van der Waals surface area contributed by atoms with Gasteiger partial charge in [-0.25, -0.2) is 13.2 Å². The van der Waals surface area contributed by atoms with Gasteiger partial charge < -0.3 is 0 Å². The quantitative estimate of drug-likeness (QED) is 0.655. The van der Waals surface area contributed by atoms with Crippen LogP contribution in [0.25, 0.3) is 0 Å². The molecule has 1 nitrogen and oxygen atoms in total. The highest BCUT2D eigenvalue weighted by Crippen LogP contribution is 2.30. The topological polar surface area (TPSA) is 12.9 Å². The number of rotatable bonds is 1. The molecule has 0 aromatic carbocycles. The molecule has 1 aromatic heterocycles. The van der Waals surface area contributed by atoms with Crippen LogP contribution in [0.15, 0.2) is 12.3 Å². The van der Waals surface area contributed by atoms with Crippen molar-refractivity contribution in [2.75, 3.05) is 0 Å². The second kappa shape index (κ2) is 3.47. The predicted octanol–water partition coefficient (Wildman–Crippen LogP) is 3.18. The summed E-state index contributed by atoms with van der Waals surface area (Å²) in [6.45, 7) is 0. The Morgan fingerprint density at radius 3 is 2.14 bits per heavy atom. The molecule has 0 saturated heterocycles. The zero-order valence-electron chi connectivity index (χ0n) is 6.45. The van der Waals surface area contributed by atoms with Crippen LogP contribution in [0.5, 0.6) is 0 Å². The van der Waals surface area contributed by atoms with Crippen molar-refractivity contribution >= 4 is 0 Å². The fraction of sp³-hybridized carbons (Fsp3) is 0.286. The monoisotopic (exact) mass is 215 g/mol. The van der Waals surface area contributed by atoms with Crippen LogP contribution in [0.2, 0.25) is 0 Å². The predicted molar refractivity (Wildman–Crippen MR) is 34.2 cm³/mol. The number of hydrogen-bond acceptors (Lipinski definition) is 1. The second-order valence-corrected chi connectivity index (χ2v) is 2.39. The third kappa shape index (κ3) is 2.15. The van der Waals surface area contributed by atoms with Crippen LogP contribution in [0.3, 0.4) is 0 Å². The maximum Gasteiger partial charge on any atom is 0.433 e. The number of pyridine rings is 1. The lowest BCUT2D eigenvalue weighted by atomic mass is 10.2. The van der Waals surface area contributed by atoms with E-state index in [0.29, 0.717) is 0 Å². The molecular formula is C7H3F6N. The molecule has 0 radical (unpaired) electrons. The van der Waals surface area contributed by atoms with Gasteiger partial charge in [-0.1, -0.05) is 0 Å². The van der Waals surface area contributed by atoms with Gasteiger partial charge in [0, 0.05) is 12.3 Å². The summed E-state index contributed by atoms with van der Waals surface area (Å²) in [6.07, 6.45) is -7.82. The average molecular weight is 215 g/mol. The van der Waals surface area contributed by atoms with E-state index in [1.54, 1.807) is 0 Å². The van der Waals surface area contributed by atoms with Crippen LogP contribution in [0.4, 0.5) is 26.3 Å². The second-order valence-electron chi connectivity index (χ2n) is 2.39. The maximum atomic E-state index is 12.6. The summed E-state index contributed by atoms with van der Waals surface area (Å²) in [5, 5.41) is 0. The molecule has 0 aliphatic rings. The van der Waals surface area contributed by atoms with E-state index in [1.807, 2.05) is 0 Å². The van der Waals surface area contributed by atoms with Crippen molar-refractivity contribution in [2.45, 2.75) is 12.6 Å². The van der Waals surface area contributed by atoms with E-state index in [-0.39, 0.29) is 12.3 Å². The van der Waals surface area contributed by atoms with Crippen molar-refractivity contribution in [3.05, 3.63) is 29.3 Å². The highest BCUT2D eigenvalue weighted by molar-refractivity contribution is 5.19. The first-order valence-corrected chi connectivity index (χ1v) is 3.33. The van der Waals surface area contributed by atoms with Crippen molar-refractivity contribution in [1.82, 2.24) is 4.98 Å². The number of alkyl halides is 5. The van der Waals surface area contributed by atoms with Crippen LogP contribution in [-0.2, 0) is 6.18 Å². The summed E-state index contributed by atoms with van der Waals surface area (Å²) >= 11 is 0. The molecule has 0 bridgehead atoms. The Labute approximate surface area is 74.4 Å². The zero-order valence-corrected chi connectivity index (χ0v) is 6.45. The molecule has 1 aromatic rings. The van der Waals surface area contributed by atoms with E-state index >= 15 is 0 Å². The molecule has 0 saturated carbocycles. The number of halogens is 6. The molecule has 0 N–H and O–H groups in total. The highest BCUT2D eigenvalue weighted by Gasteiger charge is 2.33. The van der Waals surface area contributed by atoms with Crippen LogP contribution in [0, 0.1) is 5.82 Å². The van der Waals surface area contributed by atoms with Crippen molar-refractivity contribution in [3.8, 4) is 0 Å². The maximum absolute atomic E-state index is 12.6. The van der Waals surface area contributed by atoms with Crippen molar-refractivity contribution in [3.63, 3.8) is 0 Å². The van der Waals surface area contributed by atoms with Crippen LogP contribution >= 0.6 is 0 Å². The number of nitrogens with zero attached hydrogens (tertiary/aromatic N) is 1. The molecule has 0 aliphatic carbocycles. The summed E-state index contributed by atoms with van der Waals surface area (Å²) in [7, 11) is 0. The van der Waals surface area contributed by atoms with Crippen LogP contribution in [0.1, 0.15) is 17.7 Å². The van der Waals surface area contributed by atoms with Gasteiger partial charge in [-0.05, 0) is 0 Å². The molecule has 1 heterocycles. The van der Waals surface area contributed by atoms with Crippen LogP contribution in [-0.4, -0.2) is 4.98 Å². The highest BCUT2D eigenvalue weighted by atomic mass is 19.4. The summed E-state index contributed by atoms with van der Waals surface area (Å²) in [4.78, 5) is 2.69. The lowest BCUT2D eigenvalue weighted by Crippen LogP contribution is -2.09. The normalized spacial score (nSPS) is 12.2. The molecule has 78 valence electrons. The van der Waals surface area contributed by atoms with Gasteiger partial charge in [-0.3, -0.25) is 4.98 Å². The fourth-order valence-corrected chi connectivity index (χ4v) is 0.757. The van der Waals surface area contributed by atoms with E-state index < -0.39 is 29.7 Å². The van der Waals surface area contributed by atoms with Gasteiger partial charge in [-0.15, -0.1) is 0 Å². The Morgan fingerprint density at radius 1 is 1.21 bits per heavy atom. The Balaban J connectivity index is 3.13. The smallest absolute Gasteiger partial charge is 0.251 e. The number of hydrogen-bond donors (Lipinski definition) is 0. The fourth-order valence-electron chi connectivity index (χ4n) is 0.757. The van der Waals surface area contributed by atoms with E-state index in [4.69, 9.17) is 0 Å². The largest absolute Gasteiger partial charge is 0.433 e. The Bertz CT molecular complexity index is 331. The third-order valence-corrected chi connectivity index (χ3v) is 1.41. The third-order valence-electron chi connectivity index (χ3n) is 1.41. The lowest BCUT2D eigenvalue weighted by Gasteiger charge is -2.07. The molecule has 0 fully saturated rings. The van der Waals surface area contributed by atoms with E-state index in [9.17, 15) is 26.3 Å². The molecule has 0 unspecified atom stereocenters. The van der Waals surface area contributed by atoms with Gasteiger partial charge in [-0.2, -0.15) is 13.2 Å². The van der Waals surface area contributed by atoms with Gasteiger partial charge in [0.25, 0.3) is 6.43 Å². The molecule has 0 aliphatic heterocycles. The molecular weight excluding hydrogens is 212 g/mol. The van der Waals surface area contributed by atoms with Gasteiger partial charge in [0.05, 0.1) is 5.56 Å². The Morgan fingerprint density at radius 2 is 1.79 bits per heavy atom. The number of aromatic nitrogens is 1. The molecule has 0 spiro atoms. The lowest BCUT2D eigenvalue weighted by molar-refractivity contribution is -0.141. The minimum Gasteiger partial charge on any atom is -0.251 e. The Hall–Kier alpha value is -1.27. The summed E-state index contributed by atoms with van der Waals surface area (Å²) < 4.78 is 72.1. The van der Waals surface area contributed by atoms with Gasteiger partial charge >= 0.3 is 6.18 Å². The molecule has 0 amide bonds. The van der Waals surface area contributed by atoms with Crippen LogP contribution < -0.4 is 0 Å². The molecule has 14 heavy (non-hydrogen) atoms. The standard InChI is InChI=1S/C7H3F6N/c8-4-1-5(7(11,12)13)14-2-3(4)6(9)10/h1-2,6H. The van der Waals surface area contributed by atoms with Crippen molar-refractivity contribution in [2.24, 2.45) is 0 Å². The molecule has 7 heteroatoms. The minimum absolute atomic E-state index is 0.0541. The van der Waals surface area contributed by atoms with Gasteiger partial charge in [0.1, 0.15) is 11.5 Å². The van der Waals surface area contributed by atoms with Gasteiger partial charge in [0.15, 0.2) is 0 Å². The van der Waals surface area contributed by atoms with Crippen molar-refractivity contribution < 1.29 is 26.3 Å². The zero-order chi connectivity index (χ0) is 10.9. The first kappa shape index (κ1) is 10.8. The first-order valence-electron chi connectivity index (χ1n) is 3.33. The van der Waals surface area contributed by atoms with E-state index in [2.05, 4.69) is 4.98 Å². The average Bonchev–Trinajstić information content (AvgIpc) is 2.01. The summed E-state index contributed by atoms with van der Waals surface area (Å²) in [5.74, 6) is -1.61. The van der Waals surface area contributed by atoms with Gasteiger partial charge in [0.2, 0.25) is 0 Å². The summed E-state index contributed by atoms with van der Waals surface area (Å²) in [6, 6.07) is -0.0541. The summed E-state index contributed by atoms with van der Waals surface area (Å²) in [5.41, 5.74) is -2.67. The first-order chi connectivity index (χ1) is 6.32. The SMILES string of the molecule is Fc1cc(C(F)(F)F)ncc1C(F)F. The van der Waals surface area contributed by atoms with E-state index in [0.717, 1.165) is 0 Å². The Kier molecular flexibility index (Phi) is 2.68. The van der Waals surface area contributed by atoms with E-state index in [1.165, 1.54) is 0 Å². The minimum atomic E-state index is -4.83. The van der Waals surface area contributed by atoms with Crippen molar-refractivity contribution in [1.29, 1.82) is 0 Å². The molecule has 0 atom stereocenters. The molecule has 1 rings (SSSR count).